The smallest absolute Gasteiger partial charge is 0.131 e. The molecule has 154 valence electrons. The van der Waals surface area contributed by atoms with Gasteiger partial charge in [-0.05, 0) is 45.5 Å². The fourth-order valence-electron chi connectivity index (χ4n) is 4.13. The lowest BCUT2D eigenvalue weighted by atomic mass is 9.90. The third-order valence-corrected chi connectivity index (χ3v) is 5.66. The number of hydrogen-bond acceptors (Lipinski definition) is 0. The van der Waals surface area contributed by atoms with Crippen molar-refractivity contribution >= 4 is 0 Å². The predicted molar refractivity (Wildman–Crippen MR) is 128 cm³/mol. The Morgan fingerprint density at radius 1 is 0.312 bits per heavy atom. The first-order valence-corrected chi connectivity index (χ1v) is 10.5. The third kappa shape index (κ3) is 3.72. The molecule has 0 aromatic heterocycles. The van der Waals surface area contributed by atoms with E-state index in [0.717, 1.165) is 22.3 Å². The molecule has 0 nitrogen and oxygen atoms in total. The fourth-order valence-corrected chi connectivity index (χ4v) is 4.13. The second-order valence-electron chi connectivity index (χ2n) is 7.64. The van der Waals surface area contributed by atoms with Crippen LogP contribution in [0.4, 0.5) is 8.78 Å². The molecule has 0 amide bonds. The zero-order chi connectivity index (χ0) is 21.9. The van der Waals surface area contributed by atoms with Crippen molar-refractivity contribution in [3.05, 3.63) is 133 Å². The van der Waals surface area contributed by atoms with Crippen molar-refractivity contribution in [1.82, 2.24) is 0 Å². The lowest BCUT2D eigenvalue weighted by Gasteiger charge is -2.15. The Balaban J connectivity index is 1.65. The highest BCUT2D eigenvalue weighted by molar-refractivity contribution is 5.87. The summed E-state index contributed by atoms with van der Waals surface area (Å²) in [4.78, 5) is 0. The Hall–Kier alpha value is -4.04. The summed E-state index contributed by atoms with van der Waals surface area (Å²) in [6, 6.07) is 37.2. The van der Waals surface area contributed by atoms with Crippen LogP contribution >= 0.6 is 0 Å². The quantitative estimate of drug-likeness (QED) is 0.274. The zero-order valence-corrected chi connectivity index (χ0v) is 17.3. The van der Waals surface area contributed by atoms with Gasteiger partial charge in [-0.1, -0.05) is 109 Å². The van der Waals surface area contributed by atoms with Gasteiger partial charge in [-0.2, -0.15) is 0 Å². The number of hydrogen-bond donors (Lipinski definition) is 0. The van der Waals surface area contributed by atoms with E-state index in [9.17, 15) is 0 Å². The molecule has 32 heavy (non-hydrogen) atoms. The van der Waals surface area contributed by atoms with Crippen molar-refractivity contribution in [2.75, 3.05) is 0 Å². The first kappa shape index (κ1) is 19.9. The molecule has 0 unspecified atom stereocenters. The molecule has 0 heterocycles. The van der Waals surface area contributed by atoms with E-state index in [4.69, 9.17) is 0 Å². The molecule has 0 bridgehead atoms. The van der Waals surface area contributed by atoms with E-state index in [1.807, 2.05) is 109 Å². The molecule has 0 aliphatic rings. The molecule has 2 heteroatoms. The minimum Gasteiger partial charge on any atom is -0.206 e. The summed E-state index contributed by atoms with van der Waals surface area (Å²) in [5.74, 6) is -0.903. The van der Waals surface area contributed by atoms with Gasteiger partial charge in [0.05, 0.1) is 0 Å². The van der Waals surface area contributed by atoms with Gasteiger partial charge in [0.1, 0.15) is 11.6 Å². The van der Waals surface area contributed by atoms with Crippen LogP contribution in [0.25, 0.3) is 44.5 Å². The molecule has 5 aromatic carbocycles. The van der Waals surface area contributed by atoms with E-state index in [1.165, 1.54) is 12.1 Å². The Morgan fingerprint density at radius 3 is 1.00 bits per heavy atom. The second kappa shape index (κ2) is 8.60. The SMILES string of the molecule is Fc1cc(-c2ccccc2-c2ccccc2)c(F)cc1-c1ccccc1-c1ccccc1. The standard InChI is InChI=1S/C30H20F2/c31-29-20-28(26-18-10-8-16-24(26)22-13-5-2-6-14-22)30(32)19-27(29)25-17-9-7-15-23(25)21-11-3-1-4-12-21/h1-20H. The third-order valence-electron chi connectivity index (χ3n) is 5.66. The van der Waals surface area contributed by atoms with E-state index in [2.05, 4.69) is 0 Å². The van der Waals surface area contributed by atoms with Crippen molar-refractivity contribution < 1.29 is 8.78 Å². The molecule has 0 spiro atoms. The lowest BCUT2D eigenvalue weighted by molar-refractivity contribution is 0.606. The Morgan fingerprint density at radius 2 is 0.625 bits per heavy atom. The average Bonchev–Trinajstić information content (AvgIpc) is 2.86. The van der Waals surface area contributed by atoms with Crippen LogP contribution in [0.3, 0.4) is 0 Å². The molecular formula is C30H20F2. The first-order chi connectivity index (χ1) is 15.7. The minimum absolute atomic E-state index is 0.253. The van der Waals surface area contributed by atoms with Crippen molar-refractivity contribution in [3.8, 4) is 44.5 Å². The van der Waals surface area contributed by atoms with Gasteiger partial charge in [0.2, 0.25) is 0 Å². The second-order valence-corrected chi connectivity index (χ2v) is 7.64. The van der Waals surface area contributed by atoms with Gasteiger partial charge in [0.15, 0.2) is 0 Å². The molecule has 0 radical (unpaired) electrons. The molecule has 0 fully saturated rings. The van der Waals surface area contributed by atoms with Gasteiger partial charge in [0, 0.05) is 11.1 Å². The molecule has 0 aliphatic carbocycles. The van der Waals surface area contributed by atoms with Gasteiger partial charge >= 0.3 is 0 Å². The number of halogens is 2. The predicted octanol–water partition coefficient (Wildman–Crippen LogP) is 8.63. The maximum Gasteiger partial charge on any atom is 0.131 e. The highest BCUT2D eigenvalue weighted by Gasteiger charge is 2.18. The van der Waals surface area contributed by atoms with Crippen molar-refractivity contribution in [1.29, 1.82) is 0 Å². The molecule has 5 aromatic rings. The molecular weight excluding hydrogens is 398 g/mol. The zero-order valence-electron chi connectivity index (χ0n) is 17.3. The Bertz CT molecular complexity index is 1260. The Kier molecular flexibility index (Phi) is 5.35. The molecule has 0 atom stereocenters. The summed E-state index contributed by atoms with van der Waals surface area (Å²) in [6.07, 6.45) is 0. The van der Waals surface area contributed by atoms with Crippen LogP contribution < -0.4 is 0 Å². The number of benzene rings is 5. The monoisotopic (exact) mass is 418 g/mol. The van der Waals surface area contributed by atoms with Crippen molar-refractivity contribution in [2.45, 2.75) is 0 Å². The van der Waals surface area contributed by atoms with Crippen LogP contribution in [0.15, 0.2) is 121 Å². The molecule has 0 saturated heterocycles. The van der Waals surface area contributed by atoms with Gasteiger partial charge in [-0.25, -0.2) is 8.78 Å². The number of rotatable bonds is 4. The van der Waals surface area contributed by atoms with Gasteiger partial charge in [-0.3, -0.25) is 0 Å². The van der Waals surface area contributed by atoms with E-state index >= 15 is 8.78 Å². The van der Waals surface area contributed by atoms with Gasteiger partial charge in [-0.15, -0.1) is 0 Å². The summed E-state index contributed by atoms with van der Waals surface area (Å²) in [5, 5.41) is 0. The van der Waals surface area contributed by atoms with E-state index in [-0.39, 0.29) is 11.1 Å². The van der Waals surface area contributed by atoms with Crippen LogP contribution in [-0.4, -0.2) is 0 Å². The molecule has 0 saturated carbocycles. The van der Waals surface area contributed by atoms with Gasteiger partial charge < -0.3 is 0 Å². The summed E-state index contributed by atoms with van der Waals surface area (Å²) in [6.45, 7) is 0. The van der Waals surface area contributed by atoms with Crippen LogP contribution in [0.2, 0.25) is 0 Å². The summed E-state index contributed by atoms with van der Waals surface area (Å²) >= 11 is 0. The summed E-state index contributed by atoms with van der Waals surface area (Å²) in [7, 11) is 0. The summed E-state index contributed by atoms with van der Waals surface area (Å²) < 4.78 is 30.9. The maximum atomic E-state index is 15.5. The highest BCUT2D eigenvalue weighted by atomic mass is 19.1. The highest BCUT2D eigenvalue weighted by Crippen LogP contribution is 2.38. The average molecular weight is 418 g/mol. The largest absolute Gasteiger partial charge is 0.206 e. The van der Waals surface area contributed by atoms with Crippen LogP contribution in [-0.2, 0) is 0 Å². The maximum absolute atomic E-state index is 15.5. The molecule has 0 N–H and O–H groups in total. The molecule has 5 rings (SSSR count). The van der Waals surface area contributed by atoms with E-state index < -0.39 is 11.6 Å². The summed E-state index contributed by atoms with van der Waals surface area (Å²) in [5.41, 5.74) is 5.48. The van der Waals surface area contributed by atoms with Crippen LogP contribution in [0.5, 0.6) is 0 Å². The minimum atomic E-state index is -0.451. The molecule has 0 aliphatic heterocycles. The van der Waals surface area contributed by atoms with Crippen LogP contribution in [0, 0.1) is 11.6 Å². The lowest BCUT2D eigenvalue weighted by Crippen LogP contribution is -1.95. The van der Waals surface area contributed by atoms with Gasteiger partial charge in [0.25, 0.3) is 0 Å². The van der Waals surface area contributed by atoms with E-state index in [0.29, 0.717) is 11.1 Å². The van der Waals surface area contributed by atoms with E-state index in [1.54, 1.807) is 0 Å². The van der Waals surface area contributed by atoms with Crippen molar-refractivity contribution in [2.24, 2.45) is 0 Å². The normalized spacial score (nSPS) is 10.8. The van der Waals surface area contributed by atoms with Crippen molar-refractivity contribution in [3.63, 3.8) is 0 Å². The first-order valence-electron chi connectivity index (χ1n) is 10.5. The Labute approximate surface area is 186 Å². The fraction of sp³-hybridized carbons (Fsp3) is 0. The topological polar surface area (TPSA) is 0 Å². The van der Waals surface area contributed by atoms with Crippen LogP contribution in [0.1, 0.15) is 0 Å².